The molecule has 6 nitrogen and oxygen atoms in total. The normalized spacial score (nSPS) is 16.7. The van der Waals surface area contributed by atoms with E-state index in [1.165, 1.54) is 19.2 Å². The average Bonchev–Trinajstić information content (AvgIpc) is 2.97. The van der Waals surface area contributed by atoms with Crippen molar-refractivity contribution < 1.29 is 37.3 Å². The molecule has 2 aromatic rings. The first-order valence-electron chi connectivity index (χ1n) is 9.81. The Labute approximate surface area is 182 Å². The Balaban J connectivity index is 2.11. The van der Waals surface area contributed by atoms with Crippen molar-refractivity contribution in [3.63, 3.8) is 0 Å². The van der Waals surface area contributed by atoms with Crippen molar-refractivity contribution >= 4 is 17.4 Å². The minimum atomic E-state index is -4.91. The van der Waals surface area contributed by atoms with Crippen LogP contribution in [0, 0.1) is 5.92 Å². The molecule has 170 valence electrons. The van der Waals surface area contributed by atoms with Crippen molar-refractivity contribution in [2.75, 3.05) is 12.0 Å². The van der Waals surface area contributed by atoms with Crippen LogP contribution < -0.4 is 14.4 Å². The van der Waals surface area contributed by atoms with Gasteiger partial charge in [0.2, 0.25) is 0 Å². The highest BCUT2D eigenvalue weighted by Gasteiger charge is 2.44. The van der Waals surface area contributed by atoms with Gasteiger partial charge >= 0.3 is 6.36 Å². The highest BCUT2D eigenvalue weighted by Crippen LogP contribution is 2.43. The fraction of sp³-hybridized carbons (Fsp3) is 0.304. The van der Waals surface area contributed by atoms with E-state index < -0.39 is 35.6 Å². The molecule has 32 heavy (non-hydrogen) atoms. The van der Waals surface area contributed by atoms with Gasteiger partial charge in [0.05, 0.1) is 18.7 Å². The second kappa shape index (κ2) is 8.94. The standard InChI is InChI=1S/C23H22F3NO5/c1-13(2)11-18(28)19-20(14-7-9-16(31-3)10-8-14)27(22(30)21(19)29)15-5-4-6-17(12-15)32-23(24,25)26/h4-10,12-13,20,29H,11H2,1-3H3. The van der Waals surface area contributed by atoms with Crippen LogP contribution >= 0.6 is 0 Å². The van der Waals surface area contributed by atoms with Crippen LogP contribution in [-0.4, -0.2) is 30.3 Å². The summed E-state index contributed by atoms with van der Waals surface area (Å²) in [5.41, 5.74) is 0.421. The average molecular weight is 449 g/mol. The molecule has 1 unspecified atom stereocenters. The highest BCUT2D eigenvalue weighted by atomic mass is 19.4. The van der Waals surface area contributed by atoms with Crippen molar-refractivity contribution in [3.8, 4) is 11.5 Å². The number of ketones is 1. The third-order valence-corrected chi connectivity index (χ3v) is 4.86. The zero-order valence-corrected chi connectivity index (χ0v) is 17.6. The number of nitrogens with zero attached hydrogens (tertiary/aromatic N) is 1. The Kier molecular flexibility index (Phi) is 6.47. The van der Waals surface area contributed by atoms with Crippen LogP contribution in [0.2, 0.25) is 0 Å². The van der Waals surface area contributed by atoms with Gasteiger partial charge < -0.3 is 14.6 Å². The molecule has 1 amide bonds. The molecule has 3 rings (SSSR count). The summed E-state index contributed by atoms with van der Waals surface area (Å²) in [5, 5.41) is 10.6. The molecule has 0 aromatic heterocycles. The number of aliphatic hydroxyl groups excluding tert-OH is 1. The van der Waals surface area contributed by atoms with E-state index in [9.17, 15) is 27.9 Å². The lowest BCUT2D eigenvalue weighted by Crippen LogP contribution is -2.31. The van der Waals surface area contributed by atoms with Crippen LogP contribution in [0.1, 0.15) is 31.9 Å². The predicted molar refractivity (Wildman–Crippen MR) is 110 cm³/mol. The summed E-state index contributed by atoms with van der Waals surface area (Å²) < 4.78 is 47.2. The van der Waals surface area contributed by atoms with Gasteiger partial charge in [0, 0.05) is 18.2 Å². The number of methoxy groups -OCH3 is 1. The quantitative estimate of drug-likeness (QED) is 0.636. The number of hydrogen-bond acceptors (Lipinski definition) is 5. The summed E-state index contributed by atoms with van der Waals surface area (Å²) in [7, 11) is 1.48. The van der Waals surface area contributed by atoms with Gasteiger partial charge in [-0.25, -0.2) is 0 Å². The van der Waals surface area contributed by atoms with Crippen molar-refractivity contribution in [1.82, 2.24) is 0 Å². The summed E-state index contributed by atoms with van der Waals surface area (Å²) >= 11 is 0. The van der Waals surface area contributed by atoms with Gasteiger partial charge in [0.25, 0.3) is 5.91 Å². The number of benzene rings is 2. The molecule has 1 aliphatic heterocycles. The van der Waals surface area contributed by atoms with Gasteiger partial charge in [-0.05, 0) is 35.7 Å². The number of Topliss-reactive ketones (excluding diaryl/α,β-unsaturated/α-hetero) is 1. The van der Waals surface area contributed by atoms with E-state index in [1.807, 2.05) is 13.8 Å². The lowest BCUT2D eigenvalue weighted by molar-refractivity contribution is -0.274. The van der Waals surface area contributed by atoms with Gasteiger partial charge in [-0.15, -0.1) is 13.2 Å². The molecule has 1 aliphatic rings. The maximum atomic E-state index is 13.0. The first-order valence-corrected chi connectivity index (χ1v) is 9.81. The van der Waals surface area contributed by atoms with Crippen molar-refractivity contribution in [1.29, 1.82) is 0 Å². The Morgan fingerprint density at radius 3 is 2.34 bits per heavy atom. The van der Waals surface area contributed by atoms with Crippen LogP contribution in [0.3, 0.4) is 0 Å². The monoisotopic (exact) mass is 449 g/mol. The van der Waals surface area contributed by atoms with Crippen LogP contribution in [-0.2, 0) is 9.59 Å². The number of halogens is 3. The van der Waals surface area contributed by atoms with Gasteiger partial charge in [0.15, 0.2) is 11.5 Å². The second-order valence-electron chi connectivity index (χ2n) is 7.68. The molecule has 0 spiro atoms. The smallest absolute Gasteiger partial charge is 0.503 e. The maximum absolute atomic E-state index is 13.0. The van der Waals surface area contributed by atoms with Crippen molar-refractivity contribution in [3.05, 3.63) is 65.4 Å². The fourth-order valence-electron chi connectivity index (χ4n) is 3.57. The number of aliphatic hydroxyl groups is 1. The van der Waals surface area contributed by atoms with E-state index in [0.717, 1.165) is 17.0 Å². The number of carbonyl (C=O) groups excluding carboxylic acids is 2. The van der Waals surface area contributed by atoms with Gasteiger partial charge in [-0.1, -0.05) is 32.0 Å². The lowest BCUT2D eigenvalue weighted by Gasteiger charge is -2.27. The largest absolute Gasteiger partial charge is 0.573 e. The molecule has 1 heterocycles. The Morgan fingerprint density at radius 2 is 1.78 bits per heavy atom. The molecule has 0 saturated carbocycles. The minimum absolute atomic E-state index is 0.0352. The lowest BCUT2D eigenvalue weighted by atomic mass is 9.92. The molecular weight excluding hydrogens is 427 g/mol. The first kappa shape index (κ1) is 23.2. The number of carbonyl (C=O) groups is 2. The summed E-state index contributed by atoms with van der Waals surface area (Å²) in [6.45, 7) is 3.65. The molecule has 1 atom stereocenters. The van der Waals surface area contributed by atoms with E-state index in [-0.39, 0.29) is 23.6 Å². The molecular formula is C23H22F3NO5. The molecule has 1 N–H and O–H groups in total. The van der Waals surface area contributed by atoms with Gasteiger partial charge in [-0.3, -0.25) is 14.5 Å². The fourth-order valence-corrected chi connectivity index (χ4v) is 3.57. The van der Waals surface area contributed by atoms with Gasteiger partial charge in [-0.2, -0.15) is 0 Å². The zero-order valence-electron chi connectivity index (χ0n) is 17.6. The Hall–Kier alpha value is -3.49. The summed E-state index contributed by atoms with van der Waals surface area (Å²) in [6, 6.07) is 10.3. The molecule has 2 aromatic carbocycles. The minimum Gasteiger partial charge on any atom is -0.503 e. The van der Waals surface area contributed by atoms with Crippen molar-refractivity contribution in [2.45, 2.75) is 32.7 Å². The Bertz CT molecular complexity index is 1040. The van der Waals surface area contributed by atoms with Crippen molar-refractivity contribution in [2.24, 2.45) is 5.92 Å². The maximum Gasteiger partial charge on any atom is 0.573 e. The number of rotatable bonds is 7. The molecule has 0 bridgehead atoms. The van der Waals surface area contributed by atoms with E-state index in [0.29, 0.717) is 11.3 Å². The Morgan fingerprint density at radius 1 is 1.12 bits per heavy atom. The molecule has 0 saturated heterocycles. The van der Waals surface area contributed by atoms with E-state index in [2.05, 4.69) is 4.74 Å². The summed E-state index contributed by atoms with van der Waals surface area (Å²) in [5.74, 6) is -2.06. The number of ether oxygens (including phenoxy) is 2. The summed E-state index contributed by atoms with van der Waals surface area (Å²) in [4.78, 5) is 27.0. The van der Waals surface area contributed by atoms with E-state index in [1.54, 1.807) is 24.3 Å². The number of alkyl halides is 3. The van der Waals surface area contributed by atoms with Crippen LogP contribution in [0.4, 0.5) is 18.9 Å². The number of anilines is 1. The van der Waals surface area contributed by atoms with E-state index in [4.69, 9.17) is 4.74 Å². The number of hydrogen-bond donors (Lipinski definition) is 1. The zero-order chi connectivity index (χ0) is 23.6. The summed E-state index contributed by atoms with van der Waals surface area (Å²) in [6.07, 6.45) is -4.83. The molecule has 9 heteroatoms. The topological polar surface area (TPSA) is 76.1 Å². The van der Waals surface area contributed by atoms with Crippen LogP contribution in [0.15, 0.2) is 59.9 Å². The highest BCUT2D eigenvalue weighted by molar-refractivity contribution is 6.16. The number of amides is 1. The van der Waals surface area contributed by atoms with Crippen LogP contribution in [0.5, 0.6) is 11.5 Å². The third kappa shape index (κ3) is 4.87. The third-order valence-electron chi connectivity index (χ3n) is 4.86. The second-order valence-corrected chi connectivity index (χ2v) is 7.68. The van der Waals surface area contributed by atoms with Crippen LogP contribution in [0.25, 0.3) is 0 Å². The SMILES string of the molecule is COc1ccc(C2C(C(=O)CC(C)C)=C(O)C(=O)N2c2cccc(OC(F)(F)F)c2)cc1. The first-order chi connectivity index (χ1) is 15.0. The van der Waals surface area contributed by atoms with Gasteiger partial charge in [0.1, 0.15) is 11.5 Å². The molecule has 0 radical (unpaired) electrons. The molecule has 0 fully saturated rings. The van der Waals surface area contributed by atoms with E-state index >= 15 is 0 Å². The molecule has 0 aliphatic carbocycles. The predicted octanol–water partition coefficient (Wildman–Crippen LogP) is 5.11.